The van der Waals surface area contributed by atoms with Crippen molar-refractivity contribution >= 4 is 56.0 Å². The van der Waals surface area contributed by atoms with E-state index in [0.29, 0.717) is 37.8 Å². The molecule has 0 saturated carbocycles. The van der Waals surface area contributed by atoms with Crippen molar-refractivity contribution in [2.24, 2.45) is 0 Å². The fourth-order valence-corrected chi connectivity index (χ4v) is 4.83. The van der Waals surface area contributed by atoms with Gasteiger partial charge in [-0.2, -0.15) is 0 Å². The van der Waals surface area contributed by atoms with E-state index < -0.39 is 11.9 Å². The Hall–Kier alpha value is -4.16. The average molecular weight is 541 g/mol. The molecule has 1 amide bonds. The molecular formula is C24H18ClFN6O4S. The van der Waals surface area contributed by atoms with Gasteiger partial charge in [-0.3, -0.25) is 5.32 Å². The van der Waals surface area contributed by atoms with Crippen molar-refractivity contribution < 1.29 is 23.4 Å². The molecule has 0 aliphatic heterocycles. The third kappa shape index (κ3) is 5.20. The van der Waals surface area contributed by atoms with Gasteiger partial charge in [0.25, 0.3) is 0 Å². The number of rotatable bonds is 7. The monoisotopic (exact) mass is 540 g/mol. The fraction of sp³-hybridized carbons (Fsp3) is 0.167. The number of anilines is 1. The number of aromatic nitrogens is 5. The smallest absolute Gasteiger partial charge is 0.411 e. The number of carbonyl (C=O) groups is 1. The van der Waals surface area contributed by atoms with Crippen LogP contribution in [-0.4, -0.2) is 51.3 Å². The van der Waals surface area contributed by atoms with Gasteiger partial charge in [-0.25, -0.2) is 34.1 Å². The number of fused-ring (bicyclic) bond motifs is 2. The third-order valence-electron chi connectivity index (χ3n) is 5.12. The zero-order valence-corrected chi connectivity index (χ0v) is 21.1. The van der Waals surface area contributed by atoms with Crippen LogP contribution in [0, 0.1) is 12.7 Å². The third-order valence-corrected chi connectivity index (χ3v) is 6.50. The van der Waals surface area contributed by atoms with Gasteiger partial charge >= 0.3 is 6.09 Å². The van der Waals surface area contributed by atoms with Crippen LogP contribution in [0.25, 0.3) is 31.8 Å². The molecule has 0 atom stereocenters. The second kappa shape index (κ2) is 10.4. The number of methoxy groups -OCH3 is 1. The molecule has 0 unspecified atom stereocenters. The molecule has 0 aliphatic carbocycles. The maximum atomic E-state index is 15.0. The van der Waals surface area contributed by atoms with Gasteiger partial charge in [0.05, 0.1) is 47.1 Å². The molecule has 188 valence electrons. The number of nitrogens with one attached hydrogen (secondary N) is 1. The summed E-state index contributed by atoms with van der Waals surface area (Å²) in [5.74, 6) is -0.432. The average Bonchev–Trinajstić information content (AvgIpc) is 3.33. The number of halogens is 2. The first-order valence-corrected chi connectivity index (χ1v) is 12.0. The molecular weight excluding hydrogens is 523 g/mol. The molecule has 3 aromatic heterocycles. The Morgan fingerprint density at radius 3 is 2.70 bits per heavy atom. The topological polar surface area (TPSA) is 121 Å². The lowest BCUT2D eigenvalue weighted by molar-refractivity contribution is 0.136. The number of carbonyl (C=O) groups excluding carboxylic acids is 1. The zero-order chi connectivity index (χ0) is 25.9. The standard InChI is InChI=1S/C24H18ClFN6O4S/c1-12-5-14(21-15(6-12)31-18(34-2)10-29-21)23-32-22-17(37-23)7-16(20(26)19(22)25)35-3-4-36-24(33)30-13-8-27-11-28-9-13/h5-11H,3-4H2,1-2H3,(H,30,33). The number of ether oxygens (including phenoxy) is 3. The summed E-state index contributed by atoms with van der Waals surface area (Å²) in [6.07, 6.45) is 4.99. The summed E-state index contributed by atoms with van der Waals surface area (Å²) in [6, 6.07) is 5.36. The van der Waals surface area contributed by atoms with Gasteiger partial charge in [-0.15, -0.1) is 11.3 Å². The fourth-order valence-electron chi connectivity index (χ4n) is 3.51. The van der Waals surface area contributed by atoms with Crippen LogP contribution in [0.4, 0.5) is 14.9 Å². The van der Waals surface area contributed by atoms with Crippen molar-refractivity contribution in [1.29, 1.82) is 0 Å². The minimum Gasteiger partial charge on any atom is -0.487 e. The van der Waals surface area contributed by atoms with Gasteiger partial charge in [-0.1, -0.05) is 11.6 Å². The van der Waals surface area contributed by atoms with E-state index in [0.717, 1.165) is 11.1 Å². The van der Waals surface area contributed by atoms with E-state index in [-0.39, 0.29) is 24.0 Å². The summed E-state index contributed by atoms with van der Waals surface area (Å²) >= 11 is 7.63. The van der Waals surface area contributed by atoms with Gasteiger partial charge in [0.1, 0.15) is 35.1 Å². The molecule has 5 aromatic rings. The highest BCUT2D eigenvalue weighted by molar-refractivity contribution is 7.21. The molecule has 3 heterocycles. The normalized spacial score (nSPS) is 11.0. The highest BCUT2D eigenvalue weighted by Crippen LogP contribution is 2.40. The number of thiazole rings is 1. The van der Waals surface area contributed by atoms with E-state index in [4.69, 9.17) is 25.8 Å². The molecule has 0 aliphatic rings. The molecule has 5 rings (SSSR count). The highest BCUT2D eigenvalue weighted by Gasteiger charge is 2.20. The van der Waals surface area contributed by atoms with Crippen LogP contribution in [0.15, 0.2) is 43.1 Å². The molecule has 0 radical (unpaired) electrons. The SMILES string of the molecule is COc1cnc2c(-c3nc4c(Cl)c(F)c(OCCOC(=O)Nc5cncnc5)cc4s3)cc(C)cc2n1. The summed E-state index contributed by atoms with van der Waals surface area (Å²) in [4.78, 5) is 32.9. The number of hydrogen-bond acceptors (Lipinski definition) is 10. The first kappa shape index (κ1) is 24.5. The van der Waals surface area contributed by atoms with Crippen molar-refractivity contribution in [3.05, 3.63) is 59.5 Å². The number of amides is 1. The van der Waals surface area contributed by atoms with Crippen LogP contribution >= 0.6 is 22.9 Å². The van der Waals surface area contributed by atoms with Crippen LogP contribution in [0.2, 0.25) is 5.02 Å². The highest BCUT2D eigenvalue weighted by atomic mass is 35.5. The molecule has 0 fully saturated rings. The van der Waals surface area contributed by atoms with E-state index in [1.807, 2.05) is 19.1 Å². The lowest BCUT2D eigenvalue weighted by atomic mass is 10.1. The number of nitrogens with zero attached hydrogens (tertiary/aromatic N) is 5. The second-order valence-electron chi connectivity index (χ2n) is 7.70. The molecule has 2 aromatic carbocycles. The number of benzene rings is 2. The van der Waals surface area contributed by atoms with Crippen LogP contribution in [0.5, 0.6) is 11.6 Å². The number of aryl methyl sites for hydroxylation is 1. The van der Waals surface area contributed by atoms with Crippen molar-refractivity contribution in [2.75, 3.05) is 25.6 Å². The van der Waals surface area contributed by atoms with E-state index in [9.17, 15) is 9.18 Å². The lowest BCUT2D eigenvalue weighted by Gasteiger charge is -2.09. The largest absolute Gasteiger partial charge is 0.487 e. The van der Waals surface area contributed by atoms with Crippen molar-refractivity contribution in [3.63, 3.8) is 0 Å². The first-order valence-electron chi connectivity index (χ1n) is 10.8. The van der Waals surface area contributed by atoms with Crippen LogP contribution in [-0.2, 0) is 4.74 Å². The van der Waals surface area contributed by atoms with Crippen LogP contribution in [0.1, 0.15) is 5.56 Å². The summed E-state index contributed by atoms with van der Waals surface area (Å²) in [6.45, 7) is 1.72. The Balaban J connectivity index is 1.35. The van der Waals surface area contributed by atoms with Gasteiger partial charge in [-0.05, 0) is 24.6 Å². The molecule has 10 nitrogen and oxygen atoms in total. The summed E-state index contributed by atoms with van der Waals surface area (Å²) in [7, 11) is 1.53. The van der Waals surface area contributed by atoms with Crippen molar-refractivity contribution in [1.82, 2.24) is 24.9 Å². The molecule has 37 heavy (non-hydrogen) atoms. The van der Waals surface area contributed by atoms with Gasteiger partial charge in [0.15, 0.2) is 11.6 Å². The minimum absolute atomic E-state index is 0.0770. The zero-order valence-electron chi connectivity index (χ0n) is 19.5. The van der Waals surface area contributed by atoms with Gasteiger partial charge in [0, 0.05) is 11.6 Å². The maximum Gasteiger partial charge on any atom is 0.411 e. The molecule has 0 saturated heterocycles. The van der Waals surface area contributed by atoms with Crippen molar-refractivity contribution in [3.8, 4) is 22.2 Å². The summed E-state index contributed by atoms with van der Waals surface area (Å²) in [5.41, 5.74) is 3.67. The van der Waals surface area contributed by atoms with E-state index in [1.165, 1.54) is 49.4 Å². The first-order chi connectivity index (χ1) is 17.9. The molecule has 0 spiro atoms. The van der Waals surface area contributed by atoms with Crippen LogP contribution < -0.4 is 14.8 Å². The molecule has 13 heteroatoms. The van der Waals surface area contributed by atoms with E-state index in [1.54, 1.807) is 0 Å². The second-order valence-corrected chi connectivity index (χ2v) is 9.11. The van der Waals surface area contributed by atoms with Gasteiger partial charge in [0.2, 0.25) is 5.88 Å². The summed E-state index contributed by atoms with van der Waals surface area (Å²) < 4.78 is 31.3. The maximum absolute atomic E-state index is 15.0. The van der Waals surface area contributed by atoms with E-state index >= 15 is 0 Å². The lowest BCUT2D eigenvalue weighted by Crippen LogP contribution is -2.18. The molecule has 1 N–H and O–H groups in total. The molecule has 0 bridgehead atoms. The Morgan fingerprint density at radius 1 is 1.11 bits per heavy atom. The summed E-state index contributed by atoms with van der Waals surface area (Å²) in [5, 5.41) is 2.91. The number of hydrogen-bond donors (Lipinski definition) is 1. The predicted molar refractivity (Wildman–Crippen MR) is 137 cm³/mol. The van der Waals surface area contributed by atoms with E-state index in [2.05, 4.69) is 30.2 Å². The predicted octanol–water partition coefficient (Wildman–Crippen LogP) is 5.43. The van der Waals surface area contributed by atoms with Crippen LogP contribution in [0.3, 0.4) is 0 Å². The van der Waals surface area contributed by atoms with Gasteiger partial charge < -0.3 is 14.2 Å². The Bertz CT molecular complexity index is 1620. The Labute approximate surface area is 218 Å². The Morgan fingerprint density at radius 2 is 1.92 bits per heavy atom. The quantitative estimate of drug-likeness (QED) is 0.269. The van der Waals surface area contributed by atoms with Crippen molar-refractivity contribution in [2.45, 2.75) is 6.92 Å². The minimum atomic E-state index is -0.754. The Kier molecular flexibility index (Phi) is 6.93.